The van der Waals surface area contributed by atoms with E-state index in [2.05, 4.69) is 29.7 Å². The first-order chi connectivity index (χ1) is 18.7. The van der Waals surface area contributed by atoms with Crippen LogP contribution >= 0.6 is 19.2 Å². The molecular formula is C22H33ClN5O10P. The maximum Gasteiger partial charge on any atom is 0.510 e. The van der Waals surface area contributed by atoms with Crippen molar-refractivity contribution in [2.24, 2.45) is 5.92 Å². The van der Waals surface area contributed by atoms with Crippen LogP contribution in [0.3, 0.4) is 0 Å². The van der Waals surface area contributed by atoms with E-state index in [-0.39, 0.29) is 31.1 Å². The molecular weight excluding hydrogens is 561 g/mol. The van der Waals surface area contributed by atoms with Gasteiger partial charge in [0.15, 0.2) is 23.2 Å². The highest BCUT2D eigenvalue weighted by atomic mass is 35.5. The van der Waals surface area contributed by atoms with Crippen LogP contribution in [0.2, 0.25) is 5.28 Å². The largest absolute Gasteiger partial charge is 0.510 e. The Morgan fingerprint density at radius 3 is 2.79 bits per heavy atom. The number of halogens is 1. The minimum Gasteiger partial charge on any atom is -0.432 e. The predicted molar refractivity (Wildman–Crippen MR) is 136 cm³/mol. The fourth-order valence-corrected chi connectivity index (χ4v) is 5.25. The van der Waals surface area contributed by atoms with E-state index in [9.17, 15) is 19.4 Å². The van der Waals surface area contributed by atoms with Crippen molar-refractivity contribution < 1.29 is 47.6 Å². The van der Waals surface area contributed by atoms with Crippen molar-refractivity contribution >= 4 is 42.3 Å². The van der Waals surface area contributed by atoms with Crippen molar-refractivity contribution in [3.05, 3.63) is 11.6 Å². The Kier molecular flexibility index (Phi) is 10.3. The number of imidazole rings is 1. The average molecular weight is 594 g/mol. The molecule has 17 heteroatoms. The first kappa shape index (κ1) is 29.9. The number of aliphatic hydroxyl groups is 1. The van der Waals surface area contributed by atoms with Gasteiger partial charge in [0.25, 0.3) is 0 Å². The summed E-state index contributed by atoms with van der Waals surface area (Å²) in [7, 11) is -2.81. The molecule has 4 rings (SSSR count). The van der Waals surface area contributed by atoms with Crippen LogP contribution < -0.4 is 5.32 Å². The highest BCUT2D eigenvalue weighted by Gasteiger charge is 2.43. The molecule has 2 aliphatic rings. The summed E-state index contributed by atoms with van der Waals surface area (Å²) < 4.78 is 43.8. The Morgan fingerprint density at radius 1 is 1.28 bits per heavy atom. The van der Waals surface area contributed by atoms with Crippen LogP contribution in [-0.4, -0.2) is 94.0 Å². The maximum atomic E-state index is 12.2. The Morgan fingerprint density at radius 2 is 2.05 bits per heavy atom. The van der Waals surface area contributed by atoms with Crippen molar-refractivity contribution in [3.63, 3.8) is 0 Å². The van der Waals surface area contributed by atoms with E-state index >= 15 is 0 Å². The Hall–Kier alpha value is -2.10. The molecule has 1 aliphatic heterocycles. The highest BCUT2D eigenvalue weighted by molar-refractivity contribution is 7.52. The molecule has 0 spiro atoms. The van der Waals surface area contributed by atoms with Crippen LogP contribution in [0, 0.1) is 5.92 Å². The van der Waals surface area contributed by atoms with Gasteiger partial charge in [-0.3, -0.25) is 13.7 Å². The highest BCUT2D eigenvalue weighted by Crippen LogP contribution is 2.42. The normalized spacial score (nSPS) is 25.2. The number of ether oxygens (including phenoxy) is 5. The van der Waals surface area contributed by atoms with Crippen molar-refractivity contribution in [3.8, 4) is 0 Å². The Balaban J connectivity index is 1.31. The molecule has 0 bridgehead atoms. The van der Waals surface area contributed by atoms with Gasteiger partial charge in [0.05, 0.1) is 25.6 Å². The van der Waals surface area contributed by atoms with Gasteiger partial charge in [-0.05, 0) is 24.4 Å². The van der Waals surface area contributed by atoms with Gasteiger partial charge in [-0.15, -0.1) is 0 Å². The topological polar surface area (TPSA) is 186 Å². The third-order valence-corrected chi connectivity index (χ3v) is 7.76. The molecule has 218 valence electrons. The first-order valence-corrected chi connectivity index (χ1v) is 14.7. The van der Waals surface area contributed by atoms with Crippen LogP contribution in [0.1, 0.15) is 38.8 Å². The number of anilines is 1. The van der Waals surface area contributed by atoms with E-state index in [1.54, 1.807) is 11.5 Å². The quantitative estimate of drug-likeness (QED) is 0.101. The van der Waals surface area contributed by atoms with Crippen molar-refractivity contribution in [1.29, 1.82) is 0 Å². The van der Waals surface area contributed by atoms with Gasteiger partial charge in [-0.2, -0.15) is 9.97 Å². The summed E-state index contributed by atoms with van der Waals surface area (Å²) in [5, 5.41) is 14.3. The van der Waals surface area contributed by atoms with Gasteiger partial charge in [0, 0.05) is 19.1 Å². The standard InChI is InChI=1S/C22H33ClN5O10P/c1-13-15(9-34-12-39(31,32)37-11-36-22(30)35-8-7-33-2)38-20(17(13)29)28-10-24-16-18(25-14-5-3-4-6-14)26-21(23)27-19(16)28/h10,13-15,17,20,29H,3-9,11-12H2,1-2H3,(H,31,32)(H,25,26,27)/t13-,15-,17-,20-/m1/s1. The van der Waals surface area contributed by atoms with Gasteiger partial charge in [-0.25, -0.2) is 9.78 Å². The summed E-state index contributed by atoms with van der Waals surface area (Å²) in [6.45, 7) is 1.01. The third kappa shape index (κ3) is 7.76. The van der Waals surface area contributed by atoms with Crippen molar-refractivity contribution in [1.82, 2.24) is 19.5 Å². The fourth-order valence-electron chi connectivity index (χ4n) is 4.45. The molecule has 0 amide bonds. The maximum absolute atomic E-state index is 12.2. The van der Waals surface area contributed by atoms with E-state index in [1.165, 1.54) is 13.4 Å². The summed E-state index contributed by atoms with van der Waals surface area (Å²) >= 11 is 6.20. The number of hydrogen-bond acceptors (Lipinski definition) is 13. The Labute approximate surface area is 229 Å². The van der Waals surface area contributed by atoms with Crippen molar-refractivity contribution in [2.45, 2.75) is 57.1 Å². The van der Waals surface area contributed by atoms with Gasteiger partial charge in [0.2, 0.25) is 12.1 Å². The molecule has 2 fully saturated rings. The lowest BCUT2D eigenvalue weighted by molar-refractivity contribution is -0.0588. The number of nitrogens with zero attached hydrogens (tertiary/aromatic N) is 4. The number of nitrogens with one attached hydrogen (secondary N) is 1. The van der Waals surface area contributed by atoms with E-state index in [1.807, 2.05) is 0 Å². The predicted octanol–water partition coefficient (Wildman–Crippen LogP) is 2.66. The lowest BCUT2D eigenvalue weighted by atomic mass is 10.0. The van der Waals surface area contributed by atoms with Gasteiger partial charge in [-0.1, -0.05) is 19.8 Å². The molecule has 1 aliphatic carbocycles. The number of aliphatic hydroxyl groups excluding tert-OH is 1. The molecule has 0 aromatic carbocycles. The minimum atomic E-state index is -4.24. The summed E-state index contributed by atoms with van der Waals surface area (Å²) in [6.07, 6.45) is 1.69. The average Bonchev–Trinajstić information content (AvgIpc) is 3.61. The molecule has 2 aromatic rings. The van der Waals surface area contributed by atoms with Crippen LogP contribution in [0.25, 0.3) is 11.2 Å². The zero-order valence-corrected chi connectivity index (χ0v) is 23.3. The number of carbonyl (C=O) groups is 1. The molecule has 3 heterocycles. The summed E-state index contributed by atoms with van der Waals surface area (Å²) in [5.41, 5.74) is 0.917. The second kappa shape index (κ2) is 13.5. The second-order valence-corrected chi connectivity index (χ2v) is 11.5. The fraction of sp³-hybridized carbons (Fsp3) is 0.727. The number of carbonyl (C=O) groups excluding carboxylic acids is 1. The monoisotopic (exact) mass is 593 g/mol. The molecule has 1 saturated heterocycles. The van der Waals surface area contributed by atoms with E-state index in [4.69, 9.17) is 30.3 Å². The Bertz CT molecular complexity index is 1170. The molecule has 3 N–H and O–H groups in total. The minimum absolute atomic E-state index is 0.0327. The summed E-state index contributed by atoms with van der Waals surface area (Å²) in [6, 6.07) is 0.284. The van der Waals surface area contributed by atoms with Crippen LogP contribution in [-0.2, 0) is 32.8 Å². The summed E-state index contributed by atoms with van der Waals surface area (Å²) in [5.74, 6) is 0.132. The zero-order valence-electron chi connectivity index (χ0n) is 21.6. The van der Waals surface area contributed by atoms with Crippen LogP contribution in [0.4, 0.5) is 10.6 Å². The lowest BCUT2D eigenvalue weighted by Gasteiger charge is -2.18. The van der Waals surface area contributed by atoms with E-state index in [0.29, 0.717) is 17.0 Å². The van der Waals surface area contributed by atoms with Crippen molar-refractivity contribution in [2.75, 3.05) is 45.4 Å². The van der Waals surface area contributed by atoms with Crippen LogP contribution in [0.5, 0.6) is 0 Å². The zero-order chi connectivity index (χ0) is 28.0. The number of aromatic nitrogens is 4. The van der Waals surface area contributed by atoms with Gasteiger partial charge in [0.1, 0.15) is 19.1 Å². The summed E-state index contributed by atoms with van der Waals surface area (Å²) in [4.78, 5) is 34.3. The smallest absolute Gasteiger partial charge is 0.432 e. The first-order valence-electron chi connectivity index (χ1n) is 12.5. The second-order valence-electron chi connectivity index (χ2n) is 9.33. The lowest BCUT2D eigenvalue weighted by Crippen LogP contribution is -2.26. The molecule has 1 saturated carbocycles. The van der Waals surface area contributed by atoms with E-state index < -0.39 is 51.2 Å². The third-order valence-electron chi connectivity index (χ3n) is 6.57. The van der Waals surface area contributed by atoms with Gasteiger partial charge < -0.3 is 39.0 Å². The molecule has 0 radical (unpaired) electrons. The van der Waals surface area contributed by atoms with E-state index in [0.717, 1.165) is 25.7 Å². The molecule has 15 nitrogen and oxygen atoms in total. The van der Waals surface area contributed by atoms with Gasteiger partial charge >= 0.3 is 13.8 Å². The number of hydrogen-bond donors (Lipinski definition) is 3. The molecule has 1 unspecified atom stereocenters. The number of fused-ring (bicyclic) bond motifs is 1. The molecule has 2 aromatic heterocycles. The van der Waals surface area contributed by atoms with Crippen LogP contribution in [0.15, 0.2) is 6.33 Å². The molecule has 39 heavy (non-hydrogen) atoms. The number of rotatable bonds is 13. The SMILES string of the molecule is COCCOC(=O)OCOP(=O)(O)COC[C@H]1O[C@@H](n2cnc3c(NC4CCCC4)nc(Cl)nc32)[C@H](O)[C@@H]1C. The number of methoxy groups -OCH3 is 1. The molecule has 5 atom stereocenters.